The van der Waals surface area contributed by atoms with E-state index in [-0.39, 0.29) is 0 Å². The topological polar surface area (TPSA) is 65.8 Å². The van der Waals surface area contributed by atoms with E-state index < -0.39 is 10.8 Å². The number of rotatable bonds is 4. The van der Waals surface area contributed by atoms with Crippen LogP contribution in [0.5, 0.6) is 0 Å². The predicted octanol–water partition coefficient (Wildman–Crippen LogP) is 1.51. The third-order valence-electron chi connectivity index (χ3n) is 1.66. The number of nitrogens with zero attached hydrogens (tertiary/aromatic N) is 2. The summed E-state index contributed by atoms with van der Waals surface area (Å²) in [4.78, 5) is 4.07. The summed E-state index contributed by atoms with van der Waals surface area (Å²) in [6, 6.07) is 3.74. The van der Waals surface area contributed by atoms with Crippen LogP contribution in [0, 0.1) is 11.3 Å². The van der Waals surface area contributed by atoms with Crippen molar-refractivity contribution in [2.45, 2.75) is 0 Å². The Morgan fingerprint density at radius 1 is 1.73 bits per heavy atom. The number of nitrogens with one attached hydrogen (secondary N) is 1. The second-order valence-electron chi connectivity index (χ2n) is 2.87. The standard InChI is InChI=1S/C9H10BrN3OS/c1-15(14)3-2-12-9-7(5-11)4-8(10)6-13-9/h4,6H,2-3H2,1H3,(H,12,13). The summed E-state index contributed by atoms with van der Waals surface area (Å²) in [6.07, 6.45) is 3.26. The number of halogens is 1. The summed E-state index contributed by atoms with van der Waals surface area (Å²) in [5, 5.41) is 11.8. The SMILES string of the molecule is CS(=O)CCNc1ncc(Br)cc1C#N. The molecule has 0 saturated carbocycles. The van der Waals surface area contributed by atoms with Crippen molar-refractivity contribution in [3.63, 3.8) is 0 Å². The molecule has 1 N–H and O–H groups in total. The first kappa shape index (κ1) is 12.1. The van der Waals surface area contributed by atoms with E-state index in [2.05, 4.69) is 26.2 Å². The van der Waals surface area contributed by atoms with Crippen LogP contribution in [0.1, 0.15) is 5.56 Å². The van der Waals surface area contributed by atoms with Crippen molar-refractivity contribution < 1.29 is 4.21 Å². The van der Waals surface area contributed by atoms with Crippen molar-refractivity contribution in [2.75, 3.05) is 23.9 Å². The molecule has 0 aliphatic carbocycles. The van der Waals surface area contributed by atoms with Gasteiger partial charge in [-0.05, 0) is 22.0 Å². The van der Waals surface area contributed by atoms with E-state index in [0.29, 0.717) is 23.7 Å². The van der Waals surface area contributed by atoms with E-state index in [0.717, 1.165) is 4.47 Å². The Kier molecular flexibility index (Phi) is 4.72. The average Bonchev–Trinajstić information content (AvgIpc) is 2.19. The molecular formula is C9H10BrN3OS. The minimum atomic E-state index is -0.835. The third-order valence-corrected chi connectivity index (χ3v) is 2.87. The summed E-state index contributed by atoms with van der Waals surface area (Å²) in [7, 11) is -0.835. The second kappa shape index (κ2) is 5.83. The van der Waals surface area contributed by atoms with Gasteiger partial charge in [0, 0.05) is 40.0 Å². The van der Waals surface area contributed by atoms with Gasteiger partial charge in [-0.2, -0.15) is 5.26 Å². The molecule has 80 valence electrons. The first-order valence-electron chi connectivity index (χ1n) is 4.23. The number of hydrogen-bond donors (Lipinski definition) is 1. The highest BCUT2D eigenvalue weighted by Gasteiger charge is 2.03. The lowest BCUT2D eigenvalue weighted by molar-refractivity contribution is 0.687. The van der Waals surface area contributed by atoms with Gasteiger partial charge in [0.25, 0.3) is 0 Å². The zero-order chi connectivity index (χ0) is 11.3. The minimum Gasteiger partial charge on any atom is -0.368 e. The van der Waals surface area contributed by atoms with Gasteiger partial charge >= 0.3 is 0 Å². The highest BCUT2D eigenvalue weighted by molar-refractivity contribution is 9.10. The van der Waals surface area contributed by atoms with Gasteiger partial charge in [0.15, 0.2) is 0 Å². The molecule has 6 heteroatoms. The average molecular weight is 288 g/mol. The molecule has 0 aliphatic rings. The quantitative estimate of drug-likeness (QED) is 0.912. The normalized spacial score (nSPS) is 11.8. The maximum absolute atomic E-state index is 10.8. The van der Waals surface area contributed by atoms with Crippen LogP contribution in [0.2, 0.25) is 0 Å². The lowest BCUT2D eigenvalue weighted by Gasteiger charge is -2.05. The Bertz CT molecular complexity index is 416. The molecule has 0 spiro atoms. The molecule has 15 heavy (non-hydrogen) atoms. The van der Waals surface area contributed by atoms with E-state index in [9.17, 15) is 4.21 Å². The monoisotopic (exact) mass is 287 g/mol. The first-order chi connectivity index (χ1) is 7.13. The minimum absolute atomic E-state index is 0.478. The Labute approximate surface area is 99.3 Å². The largest absolute Gasteiger partial charge is 0.368 e. The van der Waals surface area contributed by atoms with E-state index in [1.54, 1.807) is 18.5 Å². The van der Waals surface area contributed by atoms with E-state index in [1.165, 1.54) is 0 Å². The molecule has 0 radical (unpaired) electrons. The van der Waals surface area contributed by atoms with Crippen molar-refractivity contribution in [1.29, 1.82) is 5.26 Å². The fourth-order valence-electron chi connectivity index (χ4n) is 0.979. The highest BCUT2D eigenvalue weighted by Crippen LogP contribution is 2.16. The molecule has 1 heterocycles. The van der Waals surface area contributed by atoms with Gasteiger partial charge in [-0.3, -0.25) is 4.21 Å². The van der Waals surface area contributed by atoms with Crippen LogP contribution in [-0.2, 0) is 10.8 Å². The molecule has 0 fully saturated rings. The van der Waals surface area contributed by atoms with Crippen molar-refractivity contribution >= 4 is 32.5 Å². The number of pyridine rings is 1. The van der Waals surface area contributed by atoms with Gasteiger partial charge in [0.2, 0.25) is 0 Å². The molecule has 4 nitrogen and oxygen atoms in total. The number of aromatic nitrogens is 1. The third kappa shape index (κ3) is 3.98. The van der Waals surface area contributed by atoms with Gasteiger partial charge in [-0.1, -0.05) is 0 Å². The summed E-state index contributed by atoms with van der Waals surface area (Å²) in [5.74, 6) is 1.08. The lowest BCUT2D eigenvalue weighted by Crippen LogP contribution is -2.11. The maximum Gasteiger partial charge on any atom is 0.144 e. The molecule has 0 amide bonds. The molecule has 0 saturated heterocycles. The fraction of sp³-hybridized carbons (Fsp3) is 0.333. The van der Waals surface area contributed by atoms with Gasteiger partial charge in [0.05, 0.1) is 5.56 Å². The second-order valence-corrected chi connectivity index (χ2v) is 5.34. The molecule has 1 aromatic rings. The van der Waals surface area contributed by atoms with Crippen LogP contribution in [0.25, 0.3) is 0 Å². The lowest BCUT2D eigenvalue weighted by atomic mass is 10.3. The van der Waals surface area contributed by atoms with Crippen LogP contribution >= 0.6 is 15.9 Å². The van der Waals surface area contributed by atoms with Gasteiger partial charge in [-0.25, -0.2) is 4.98 Å². The van der Waals surface area contributed by atoms with Crippen molar-refractivity contribution in [2.24, 2.45) is 0 Å². The molecule has 1 unspecified atom stereocenters. The van der Waals surface area contributed by atoms with E-state index in [4.69, 9.17) is 5.26 Å². The van der Waals surface area contributed by atoms with Crippen molar-refractivity contribution in [3.05, 3.63) is 22.3 Å². The van der Waals surface area contributed by atoms with Crippen LogP contribution in [0.3, 0.4) is 0 Å². The zero-order valence-electron chi connectivity index (χ0n) is 8.16. The number of anilines is 1. The Hall–Kier alpha value is -0.930. The molecule has 1 rings (SSSR count). The molecule has 1 aromatic heterocycles. The summed E-state index contributed by atoms with van der Waals surface area (Å²) in [6.45, 7) is 0.548. The smallest absolute Gasteiger partial charge is 0.144 e. The molecule has 0 bridgehead atoms. The summed E-state index contributed by atoms with van der Waals surface area (Å²) in [5.41, 5.74) is 0.478. The van der Waals surface area contributed by atoms with Gasteiger partial charge in [-0.15, -0.1) is 0 Å². The van der Waals surface area contributed by atoms with Crippen LogP contribution in [-0.4, -0.2) is 27.7 Å². The fourth-order valence-corrected chi connectivity index (χ4v) is 1.70. The highest BCUT2D eigenvalue weighted by atomic mass is 79.9. The first-order valence-corrected chi connectivity index (χ1v) is 6.75. The Morgan fingerprint density at radius 3 is 3.07 bits per heavy atom. The summed E-state index contributed by atoms with van der Waals surface area (Å²) < 4.78 is 11.6. The van der Waals surface area contributed by atoms with E-state index in [1.807, 2.05) is 6.07 Å². The Balaban J connectivity index is 2.69. The molecule has 1 atom stereocenters. The van der Waals surface area contributed by atoms with Crippen LogP contribution in [0.4, 0.5) is 5.82 Å². The predicted molar refractivity (Wildman–Crippen MR) is 64.1 cm³/mol. The molecular weight excluding hydrogens is 278 g/mol. The van der Waals surface area contributed by atoms with Crippen molar-refractivity contribution in [1.82, 2.24) is 4.98 Å². The maximum atomic E-state index is 10.8. The summed E-state index contributed by atoms with van der Waals surface area (Å²) >= 11 is 3.24. The van der Waals surface area contributed by atoms with Gasteiger partial charge < -0.3 is 5.32 Å². The number of hydrogen-bond acceptors (Lipinski definition) is 4. The van der Waals surface area contributed by atoms with E-state index >= 15 is 0 Å². The van der Waals surface area contributed by atoms with Crippen molar-refractivity contribution in [3.8, 4) is 6.07 Å². The Morgan fingerprint density at radius 2 is 2.47 bits per heavy atom. The molecule has 0 aromatic carbocycles. The van der Waals surface area contributed by atoms with Gasteiger partial charge in [0.1, 0.15) is 11.9 Å². The van der Waals surface area contributed by atoms with Crippen LogP contribution < -0.4 is 5.32 Å². The molecule has 0 aliphatic heterocycles. The number of nitriles is 1. The van der Waals surface area contributed by atoms with Crippen LogP contribution in [0.15, 0.2) is 16.7 Å². The zero-order valence-corrected chi connectivity index (χ0v) is 10.6.